The van der Waals surface area contributed by atoms with E-state index in [1.165, 1.54) is 6.42 Å². The molecule has 1 saturated carbocycles. The van der Waals surface area contributed by atoms with Crippen LogP contribution in [-0.4, -0.2) is 12.5 Å². The number of hydrogen-bond donors (Lipinski definition) is 2. The minimum atomic E-state index is -4.48. The molecule has 1 aromatic rings. The van der Waals surface area contributed by atoms with E-state index >= 15 is 0 Å². The van der Waals surface area contributed by atoms with Crippen LogP contribution < -0.4 is 11.1 Å². The number of alkyl halides is 3. The number of carbonyl (C=O) groups excluding carboxylic acids is 1. The Bertz CT molecular complexity index is 508. The van der Waals surface area contributed by atoms with Gasteiger partial charge in [-0.15, -0.1) is 0 Å². The lowest BCUT2D eigenvalue weighted by molar-refractivity contribution is -0.137. The summed E-state index contributed by atoms with van der Waals surface area (Å²) in [5.74, 6) is -0.126. The summed E-state index contributed by atoms with van der Waals surface area (Å²) in [4.78, 5) is 12.0. The van der Waals surface area contributed by atoms with E-state index in [0.29, 0.717) is 12.5 Å². The minimum absolute atomic E-state index is 0.0594. The molecular formula is C15H19F3N2O. The number of nitrogen functional groups attached to an aromatic ring is 1. The maximum Gasteiger partial charge on any atom is 0.416 e. The van der Waals surface area contributed by atoms with Crippen molar-refractivity contribution in [2.45, 2.75) is 38.3 Å². The third kappa shape index (κ3) is 4.12. The van der Waals surface area contributed by atoms with Gasteiger partial charge >= 0.3 is 6.18 Å². The Morgan fingerprint density at radius 1 is 1.24 bits per heavy atom. The van der Waals surface area contributed by atoms with E-state index in [4.69, 9.17) is 5.73 Å². The van der Waals surface area contributed by atoms with E-state index in [9.17, 15) is 18.0 Å². The molecular weight excluding hydrogens is 281 g/mol. The SMILES string of the molecule is Nc1ccc(C(F)(F)F)cc1C(=O)NCC1CCCCC1. The van der Waals surface area contributed by atoms with Gasteiger partial charge in [0, 0.05) is 12.2 Å². The van der Waals surface area contributed by atoms with E-state index in [-0.39, 0.29) is 11.3 Å². The van der Waals surface area contributed by atoms with Crippen LogP contribution in [0.5, 0.6) is 0 Å². The van der Waals surface area contributed by atoms with Gasteiger partial charge in [-0.05, 0) is 37.0 Å². The lowest BCUT2D eigenvalue weighted by Crippen LogP contribution is -2.31. The first-order valence-corrected chi connectivity index (χ1v) is 7.13. The monoisotopic (exact) mass is 300 g/mol. The van der Waals surface area contributed by atoms with Crippen molar-refractivity contribution in [2.24, 2.45) is 5.92 Å². The van der Waals surface area contributed by atoms with Crippen LogP contribution >= 0.6 is 0 Å². The maximum atomic E-state index is 12.7. The Hall–Kier alpha value is -1.72. The quantitative estimate of drug-likeness (QED) is 0.838. The molecule has 3 N–H and O–H groups in total. The summed E-state index contributed by atoms with van der Waals surface area (Å²) < 4.78 is 38.0. The molecule has 0 heterocycles. The van der Waals surface area contributed by atoms with Crippen molar-refractivity contribution < 1.29 is 18.0 Å². The highest BCUT2D eigenvalue weighted by atomic mass is 19.4. The Morgan fingerprint density at radius 3 is 2.52 bits per heavy atom. The first-order chi connectivity index (χ1) is 9.88. The van der Waals surface area contributed by atoms with E-state index < -0.39 is 17.6 Å². The second-order valence-corrected chi connectivity index (χ2v) is 5.51. The van der Waals surface area contributed by atoms with Crippen molar-refractivity contribution in [3.63, 3.8) is 0 Å². The largest absolute Gasteiger partial charge is 0.416 e. The van der Waals surface area contributed by atoms with Crippen molar-refractivity contribution in [1.82, 2.24) is 5.32 Å². The topological polar surface area (TPSA) is 55.1 Å². The second kappa shape index (κ2) is 6.37. The summed E-state index contributed by atoms with van der Waals surface area (Å²) in [5.41, 5.74) is 4.70. The third-order valence-corrected chi connectivity index (χ3v) is 3.90. The lowest BCUT2D eigenvalue weighted by atomic mass is 9.89. The summed E-state index contributed by atoms with van der Waals surface area (Å²) in [7, 11) is 0. The molecule has 1 fully saturated rings. The summed E-state index contributed by atoms with van der Waals surface area (Å²) in [5, 5.41) is 2.70. The molecule has 0 bridgehead atoms. The molecule has 0 unspecified atom stereocenters. The van der Waals surface area contributed by atoms with E-state index in [1.807, 2.05) is 0 Å². The van der Waals surface area contributed by atoms with Crippen LogP contribution in [-0.2, 0) is 6.18 Å². The van der Waals surface area contributed by atoms with Crippen LogP contribution in [0.2, 0.25) is 0 Å². The highest BCUT2D eigenvalue weighted by Gasteiger charge is 2.31. The van der Waals surface area contributed by atoms with Gasteiger partial charge < -0.3 is 11.1 Å². The van der Waals surface area contributed by atoms with Crippen LogP contribution in [0.3, 0.4) is 0 Å². The fraction of sp³-hybridized carbons (Fsp3) is 0.533. The first kappa shape index (κ1) is 15.7. The molecule has 1 aromatic carbocycles. The predicted octanol–water partition coefficient (Wildman–Crippen LogP) is 3.60. The molecule has 0 aliphatic heterocycles. The zero-order chi connectivity index (χ0) is 15.5. The van der Waals surface area contributed by atoms with Gasteiger partial charge in [-0.2, -0.15) is 13.2 Å². The van der Waals surface area contributed by atoms with Gasteiger partial charge in [0.1, 0.15) is 0 Å². The molecule has 1 aliphatic carbocycles. The molecule has 21 heavy (non-hydrogen) atoms. The van der Waals surface area contributed by atoms with Gasteiger partial charge in [0.15, 0.2) is 0 Å². The van der Waals surface area contributed by atoms with Crippen molar-refractivity contribution in [3.8, 4) is 0 Å². The van der Waals surface area contributed by atoms with Gasteiger partial charge in [-0.25, -0.2) is 0 Å². The molecule has 3 nitrogen and oxygen atoms in total. The van der Waals surface area contributed by atoms with Gasteiger partial charge in [0.25, 0.3) is 5.91 Å². The fourth-order valence-corrected chi connectivity index (χ4v) is 2.65. The van der Waals surface area contributed by atoms with E-state index in [1.54, 1.807) is 0 Å². The average molecular weight is 300 g/mol. The van der Waals surface area contributed by atoms with Gasteiger partial charge in [0.05, 0.1) is 11.1 Å². The molecule has 1 aliphatic rings. The van der Waals surface area contributed by atoms with Crippen molar-refractivity contribution in [3.05, 3.63) is 29.3 Å². The molecule has 0 spiro atoms. The fourth-order valence-electron chi connectivity index (χ4n) is 2.65. The predicted molar refractivity (Wildman–Crippen MR) is 74.8 cm³/mol. The number of amides is 1. The summed E-state index contributed by atoms with van der Waals surface area (Å²) in [6.07, 6.45) is 1.13. The number of rotatable bonds is 3. The number of nitrogens with two attached hydrogens (primary N) is 1. The Morgan fingerprint density at radius 2 is 1.90 bits per heavy atom. The summed E-state index contributed by atoms with van der Waals surface area (Å²) in [6, 6.07) is 2.82. The van der Waals surface area contributed by atoms with Crippen molar-refractivity contribution in [1.29, 1.82) is 0 Å². The molecule has 1 amide bonds. The number of carbonyl (C=O) groups is 1. The van der Waals surface area contributed by atoms with Crippen LogP contribution in [0.1, 0.15) is 48.0 Å². The van der Waals surface area contributed by atoms with Crippen LogP contribution in [0.15, 0.2) is 18.2 Å². The normalized spacial score (nSPS) is 16.7. The second-order valence-electron chi connectivity index (χ2n) is 5.51. The van der Waals surface area contributed by atoms with Gasteiger partial charge in [0.2, 0.25) is 0 Å². The number of halogens is 3. The molecule has 0 radical (unpaired) electrons. The minimum Gasteiger partial charge on any atom is -0.398 e. The Labute approximate surface area is 121 Å². The highest BCUT2D eigenvalue weighted by molar-refractivity contribution is 5.99. The van der Waals surface area contributed by atoms with Gasteiger partial charge in [-0.3, -0.25) is 4.79 Å². The standard InChI is InChI=1S/C15H19F3N2O/c16-15(17,18)11-6-7-13(19)12(8-11)14(21)20-9-10-4-2-1-3-5-10/h6-8,10H,1-5,9,19H2,(H,20,21). The number of anilines is 1. The number of nitrogens with one attached hydrogen (secondary N) is 1. The molecule has 0 aromatic heterocycles. The zero-order valence-electron chi connectivity index (χ0n) is 11.7. The van der Waals surface area contributed by atoms with Gasteiger partial charge in [-0.1, -0.05) is 19.3 Å². The third-order valence-electron chi connectivity index (χ3n) is 3.90. The number of hydrogen-bond acceptors (Lipinski definition) is 2. The lowest BCUT2D eigenvalue weighted by Gasteiger charge is -2.22. The van der Waals surface area contributed by atoms with Crippen molar-refractivity contribution in [2.75, 3.05) is 12.3 Å². The molecule has 2 rings (SSSR count). The molecule has 6 heteroatoms. The molecule has 0 saturated heterocycles. The van der Waals surface area contributed by atoms with E-state index in [2.05, 4.69) is 5.32 Å². The first-order valence-electron chi connectivity index (χ1n) is 7.13. The summed E-state index contributed by atoms with van der Waals surface area (Å²) in [6.45, 7) is 0.495. The van der Waals surface area contributed by atoms with Crippen molar-refractivity contribution >= 4 is 11.6 Å². The van der Waals surface area contributed by atoms with E-state index in [0.717, 1.165) is 43.9 Å². The zero-order valence-corrected chi connectivity index (χ0v) is 11.7. The van der Waals surface area contributed by atoms with Crippen LogP contribution in [0, 0.1) is 5.92 Å². The Balaban J connectivity index is 2.04. The molecule has 0 atom stereocenters. The Kier molecular flexibility index (Phi) is 4.75. The van der Waals surface area contributed by atoms with Crippen LogP contribution in [0.25, 0.3) is 0 Å². The maximum absolute atomic E-state index is 12.7. The number of benzene rings is 1. The van der Waals surface area contributed by atoms with Crippen LogP contribution in [0.4, 0.5) is 18.9 Å². The molecule has 116 valence electrons. The average Bonchev–Trinajstić information content (AvgIpc) is 2.45. The highest BCUT2D eigenvalue weighted by Crippen LogP contribution is 2.31. The summed E-state index contributed by atoms with van der Waals surface area (Å²) >= 11 is 0. The smallest absolute Gasteiger partial charge is 0.398 e.